The molecule has 0 saturated carbocycles. The predicted molar refractivity (Wildman–Crippen MR) is 82.0 cm³/mol. The van der Waals surface area contributed by atoms with Gasteiger partial charge in [-0.3, -0.25) is 0 Å². The molecule has 3 rings (SSSR count). The number of hydrogen-bond acceptors (Lipinski definition) is 3. The number of rotatable bonds is 6. The topological polar surface area (TPSA) is 24.5 Å². The summed E-state index contributed by atoms with van der Waals surface area (Å²) in [5, 5.41) is 3.57. The van der Waals surface area contributed by atoms with Crippen LogP contribution in [0.3, 0.4) is 0 Å². The van der Waals surface area contributed by atoms with Gasteiger partial charge in [0.25, 0.3) is 0 Å². The van der Waals surface area contributed by atoms with Crippen molar-refractivity contribution in [3.8, 4) is 0 Å². The lowest BCUT2D eigenvalue weighted by Gasteiger charge is -2.26. The average molecular weight is 274 g/mol. The highest BCUT2D eigenvalue weighted by atomic mass is 16.5. The largest absolute Gasteiger partial charge is 0.372 e. The van der Waals surface area contributed by atoms with Crippen molar-refractivity contribution < 1.29 is 4.74 Å². The third kappa shape index (κ3) is 3.60. The Morgan fingerprint density at radius 2 is 2.05 bits per heavy atom. The first-order valence-corrected chi connectivity index (χ1v) is 8.06. The van der Waals surface area contributed by atoms with Gasteiger partial charge >= 0.3 is 0 Å². The highest BCUT2D eigenvalue weighted by molar-refractivity contribution is 5.31. The van der Waals surface area contributed by atoms with Gasteiger partial charge in [0, 0.05) is 6.54 Å². The van der Waals surface area contributed by atoms with E-state index in [1.54, 1.807) is 0 Å². The number of nitrogens with one attached hydrogen (secondary N) is 1. The lowest BCUT2D eigenvalue weighted by molar-refractivity contribution is 0.0425. The van der Waals surface area contributed by atoms with Gasteiger partial charge in [0.15, 0.2) is 0 Å². The van der Waals surface area contributed by atoms with Crippen LogP contribution in [0.2, 0.25) is 0 Å². The molecule has 3 nitrogen and oxygen atoms in total. The molecule has 3 heteroatoms. The Morgan fingerprint density at radius 1 is 1.20 bits per heavy atom. The summed E-state index contributed by atoms with van der Waals surface area (Å²) in [5.41, 5.74) is 2.84. The standard InChI is InChI=1S/C17H26N2O/c1-2-7-16-15(6-1)8-13-20-17(16)14-18-9-5-12-19-10-3-4-11-19/h1-2,6-7,17-18H,3-5,8-14H2. The van der Waals surface area contributed by atoms with Gasteiger partial charge in [0.2, 0.25) is 0 Å². The number of hydrogen-bond donors (Lipinski definition) is 1. The van der Waals surface area contributed by atoms with E-state index in [1.165, 1.54) is 50.0 Å². The Balaban J connectivity index is 1.38. The number of likely N-dealkylation sites (tertiary alicyclic amines) is 1. The SMILES string of the molecule is c1ccc2c(c1)CCOC2CNCCCN1CCCC1. The summed E-state index contributed by atoms with van der Waals surface area (Å²) in [7, 11) is 0. The number of benzene rings is 1. The van der Waals surface area contributed by atoms with Crippen molar-refractivity contribution in [2.75, 3.05) is 39.3 Å². The maximum Gasteiger partial charge on any atom is 0.0952 e. The van der Waals surface area contributed by atoms with Gasteiger partial charge in [-0.05, 0) is 63.0 Å². The van der Waals surface area contributed by atoms with Crippen molar-refractivity contribution in [3.05, 3.63) is 35.4 Å². The van der Waals surface area contributed by atoms with Gasteiger partial charge in [-0.15, -0.1) is 0 Å². The van der Waals surface area contributed by atoms with Gasteiger partial charge in [-0.2, -0.15) is 0 Å². The highest BCUT2D eigenvalue weighted by Crippen LogP contribution is 2.26. The van der Waals surface area contributed by atoms with Crippen molar-refractivity contribution in [2.24, 2.45) is 0 Å². The van der Waals surface area contributed by atoms with Crippen LogP contribution >= 0.6 is 0 Å². The van der Waals surface area contributed by atoms with Crippen molar-refractivity contribution in [2.45, 2.75) is 31.8 Å². The van der Waals surface area contributed by atoms with Crippen molar-refractivity contribution >= 4 is 0 Å². The fourth-order valence-corrected chi connectivity index (χ4v) is 3.31. The molecule has 2 aliphatic heterocycles. The van der Waals surface area contributed by atoms with Crippen LogP contribution in [0, 0.1) is 0 Å². The molecule has 2 heterocycles. The van der Waals surface area contributed by atoms with Crippen molar-refractivity contribution in [1.82, 2.24) is 10.2 Å². The van der Waals surface area contributed by atoms with Gasteiger partial charge < -0.3 is 15.0 Å². The zero-order valence-electron chi connectivity index (χ0n) is 12.3. The number of fused-ring (bicyclic) bond motifs is 1. The first kappa shape index (κ1) is 14.1. The van der Waals surface area contributed by atoms with Crippen LogP contribution < -0.4 is 5.32 Å². The van der Waals surface area contributed by atoms with E-state index in [0.29, 0.717) is 0 Å². The molecule has 110 valence electrons. The summed E-state index contributed by atoms with van der Waals surface area (Å²) in [4.78, 5) is 2.58. The minimum Gasteiger partial charge on any atom is -0.372 e. The summed E-state index contributed by atoms with van der Waals surface area (Å²) >= 11 is 0. The van der Waals surface area contributed by atoms with Crippen LogP contribution in [0.1, 0.15) is 36.5 Å². The molecular formula is C17H26N2O. The molecule has 0 spiro atoms. The zero-order chi connectivity index (χ0) is 13.6. The molecule has 1 fully saturated rings. The summed E-state index contributed by atoms with van der Waals surface area (Å²) in [6.07, 6.45) is 5.32. The lowest BCUT2D eigenvalue weighted by Crippen LogP contribution is -2.30. The molecule has 0 aromatic heterocycles. The summed E-state index contributed by atoms with van der Waals surface area (Å²) < 4.78 is 5.91. The predicted octanol–water partition coefficient (Wildman–Crippen LogP) is 2.38. The molecule has 1 unspecified atom stereocenters. The number of ether oxygens (including phenoxy) is 1. The molecule has 20 heavy (non-hydrogen) atoms. The minimum atomic E-state index is 0.242. The Labute approximate surface area is 122 Å². The van der Waals surface area contributed by atoms with Crippen LogP contribution in [-0.2, 0) is 11.2 Å². The maximum atomic E-state index is 5.91. The minimum absolute atomic E-state index is 0.242. The Morgan fingerprint density at radius 3 is 2.95 bits per heavy atom. The van der Waals surface area contributed by atoms with Crippen LogP contribution in [0.5, 0.6) is 0 Å². The Hall–Kier alpha value is -0.900. The Bertz CT molecular complexity index is 415. The van der Waals surface area contributed by atoms with E-state index in [-0.39, 0.29) is 6.10 Å². The van der Waals surface area contributed by atoms with Crippen LogP contribution in [-0.4, -0.2) is 44.2 Å². The molecule has 1 saturated heterocycles. The van der Waals surface area contributed by atoms with E-state index >= 15 is 0 Å². The molecular weight excluding hydrogens is 248 g/mol. The third-order valence-corrected chi connectivity index (χ3v) is 4.45. The average Bonchev–Trinajstić information content (AvgIpc) is 3.00. The van der Waals surface area contributed by atoms with E-state index in [1.807, 2.05) is 0 Å². The zero-order valence-corrected chi connectivity index (χ0v) is 12.3. The first-order chi connectivity index (χ1) is 9.93. The van der Waals surface area contributed by atoms with E-state index in [4.69, 9.17) is 4.74 Å². The smallest absolute Gasteiger partial charge is 0.0952 e. The van der Waals surface area contributed by atoms with Crippen molar-refractivity contribution in [3.63, 3.8) is 0 Å². The number of nitrogens with zero attached hydrogens (tertiary/aromatic N) is 1. The molecule has 0 aliphatic carbocycles. The van der Waals surface area contributed by atoms with Gasteiger partial charge in [0.1, 0.15) is 0 Å². The van der Waals surface area contributed by atoms with Gasteiger partial charge in [0.05, 0.1) is 12.7 Å². The molecule has 0 amide bonds. The van der Waals surface area contributed by atoms with E-state index in [0.717, 1.165) is 26.1 Å². The molecule has 0 bridgehead atoms. The van der Waals surface area contributed by atoms with Crippen molar-refractivity contribution in [1.29, 1.82) is 0 Å². The molecule has 1 aromatic carbocycles. The Kier molecular flexibility index (Phi) is 5.06. The second-order valence-corrected chi connectivity index (χ2v) is 5.91. The van der Waals surface area contributed by atoms with Gasteiger partial charge in [-0.25, -0.2) is 0 Å². The van der Waals surface area contributed by atoms with Crippen LogP contribution in [0.25, 0.3) is 0 Å². The maximum absolute atomic E-state index is 5.91. The summed E-state index contributed by atoms with van der Waals surface area (Å²) in [6, 6.07) is 8.70. The van der Waals surface area contributed by atoms with Crippen LogP contribution in [0.15, 0.2) is 24.3 Å². The fourth-order valence-electron chi connectivity index (χ4n) is 3.31. The normalized spacial score (nSPS) is 22.9. The molecule has 1 atom stereocenters. The highest BCUT2D eigenvalue weighted by Gasteiger charge is 2.19. The molecule has 1 aromatic rings. The lowest BCUT2D eigenvalue weighted by atomic mass is 9.97. The second kappa shape index (κ2) is 7.21. The third-order valence-electron chi connectivity index (χ3n) is 4.45. The van der Waals surface area contributed by atoms with Gasteiger partial charge in [-0.1, -0.05) is 24.3 Å². The van der Waals surface area contributed by atoms with E-state index in [9.17, 15) is 0 Å². The van der Waals surface area contributed by atoms with E-state index in [2.05, 4.69) is 34.5 Å². The molecule has 1 N–H and O–H groups in total. The molecule has 0 radical (unpaired) electrons. The monoisotopic (exact) mass is 274 g/mol. The summed E-state index contributed by atoms with van der Waals surface area (Å²) in [5.74, 6) is 0. The van der Waals surface area contributed by atoms with E-state index < -0.39 is 0 Å². The molecule has 2 aliphatic rings. The first-order valence-electron chi connectivity index (χ1n) is 8.06. The quantitative estimate of drug-likeness (QED) is 0.806. The fraction of sp³-hybridized carbons (Fsp3) is 0.647. The second-order valence-electron chi connectivity index (χ2n) is 5.91. The summed E-state index contributed by atoms with van der Waals surface area (Å²) in [6.45, 7) is 6.75. The van der Waals surface area contributed by atoms with Crippen LogP contribution in [0.4, 0.5) is 0 Å².